The number of carbonyl (C=O) groups excluding carboxylic acids is 1. The minimum Gasteiger partial charge on any atom is -0.478 e. The lowest BCUT2D eigenvalue weighted by molar-refractivity contribution is -0.118. The maximum Gasteiger partial charge on any atom is 0.336 e. The van der Waals surface area contributed by atoms with Gasteiger partial charge in [-0.2, -0.15) is 5.10 Å². The highest BCUT2D eigenvalue weighted by Gasteiger charge is 2.51. The Balaban J connectivity index is 1.44. The molecule has 2 fully saturated rings. The molecular weight excluding hydrogens is 433 g/mol. The van der Waals surface area contributed by atoms with Crippen LogP contribution >= 0.6 is 11.6 Å². The highest BCUT2D eigenvalue weighted by atomic mass is 35.5. The van der Waals surface area contributed by atoms with Crippen LogP contribution in [0.1, 0.15) is 54.1 Å². The van der Waals surface area contributed by atoms with E-state index in [2.05, 4.69) is 10.4 Å². The van der Waals surface area contributed by atoms with E-state index in [1.165, 1.54) is 12.3 Å². The van der Waals surface area contributed by atoms with Crippen LogP contribution in [0.15, 0.2) is 48.8 Å². The van der Waals surface area contributed by atoms with Gasteiger partial charge in [0.05, 0.1) is 23.2 Å². The number of hydrogen-bond donors (Lipinski definition) is 2. The number of carboxylic acids is 1. The largest absolute Gasteiger partial charge is 0.478 e. The first-order valence-corrected chi connectivity index (χ1v) is 10.9. The zero-order valence-corrected chi connectivity index (χ0v) is 17.9. The lowest BCUT2D eigenvalue weighted by Gasteiger charge is -2.25. The summed E-state index contributed by atoms with van der Waals surface area (Å²) in [5.74, 6) is -2.28. The molecule has 32 heavy (non-hydrogen) atoms. The predicted molar refractivity (Wildman–Crippen MR) is 118 cm³/mol. The number of benzene rings is 2. The number of anilines is 1. The first-order valence-electron chi connectivity index (χ1n) is 10.6. The Bertz CT molecular complexity index is 1210. The van der Waals surface area contributed by atoms with Crippen molar-refractivity contribution >= 4 is 29.2 Å². The number of amides is 1. The van der Waals surface area contributed by atoms with Gasteiger partial charge in [-0.05, 0) is 61.9 Å². The smallest absolute Gasteiger partial charge is 0.336 e. The van der Waals surface area contributed by atoms with E-state index in [0.717, 1.165) is 30.9 Å². The van der Waals surface area contributed by atoms with E-state index in [4.69, 9.17) is 11.6 Å². The third-order valence-corrected chi connectivity index (χ3v) is 6.75. The van der Waals surface area contributed by atoms with E-state index in [-0.39, 0.29) is 28.8 Å². The molecule has 0 saturated heterocycles. The van der Waals surface area contributed by atoms with Crippen molar-refractivity contribution < 1.29 is 19.1 Å². The van der Waals surface area contributed by atoms with E-state index in [1.54, 1.807) is 35.1 Å². The minimum atomic E-state index is -1.27. The van der Waals surface area contributed by atoms with Crippen LogP contribution < -0.4 is 5.32 Å². The molecule has 164 valence electrons. The Morgan fingerprint density at radius 1 is 1.19 bits per heavy atom. The number of carboxylic acid groups (broad SMARTS) is 1. The number of aromatic carboxylic acids is 1. The third kappa shape index (κ3) is 3.56. The van der Waals surface area contributed by atoms with Gasteiger partial charge in [0.25, 0.3) is 0 Å². The second-order valence-corrected chi connectivity index (χ2v) is 8.96. The second kappa shape index (κ2) is 7.74. The molecule has 0 spiro atoms. The van der Waals surface area contributed by atoms with Gasteiger partial charge in [0.15, 0.2) is 0 Å². The standard InChI is InChI=1S/C24H21ClFN3O3/c25-16-6-4-15(5-7-16)24(8-9-24)23(32)28-17-10-19(22(30)31)21(20(26)11-17)14-12-27-29(13-14)18-2-1-3-18/h4-7,10-13,18H,1-3,8-9H2,(H,28,32)(H,30,31). The molecule has 1 heterocycles. The Morgan fingerprint density at radius 2 is 1.91 bits per heavy atom. The predicted octanol–water partition coefficient (Wildman–Crippen LogP) is 5.44. The van der Waals surface area contributed by atoms with E-state index in [1.807, 2.05) is 0 Å². The fourth-order valence-corrected chi connectivity index (χ4v) is 4.38. The first kappa shape index (κ1) is 20.7. The Hall–Kier alpha value is -3.19. The Kier molecular flexibility index (Phi) is 5.01. The van der Waals surface area contributed by atoms with Crippen LogP contribution in [-0.2, 0) is 10.2 Å². The fourth-order valence-electron chi connectivity index (χ4n) is 4.25. The van der Waals surface area contributed by atoms with Crippen molar-refractivity contribution in [2.24, 2.45) is 0 Å². The highest BCUT2D eigenvalue weighted by molar-refractivity contribution is 6.30. The van der Waals surface area contributed by atoms with E-state index in [9.17, 15) is 14.7 Å². The Labute approximate surface area is 189 Å². The maximum absolute atomic E-state index is 15.1. The van der Waals surface area contributed by atoms with Gasteiger partial charge >= 0.3 is 5.97 Å². The van der Waals surface area contributed by atoms with Gasteiger partial charge in [0.1, 0.15) is 5.82 Å². The van der Waals surface area contributed by atoms with Gasteiger partial charge in [-0.25, -0.2) is 9.18 Å². The topological polar surface area (TPSA) is 84.2 Å². The molecule has 0 unspecified atom stereocenters. The maximum atomic E-state index is 15.1. The molecule has 1 amide bonds. The van der Waals surface area contributed by atoms with Gasteiger partial charge in [-0.1, -0.05) is 23.7 Å². The number of nitrogens with zero attached hydrogens (tertiary/aromatic N) is 2. The number of halogens is 2. The number of aromatic nitrogens is 2. The molecule has 2 saturated carbocycles. The molecule has 2 aliphatic carbocycles. The van der Waals surface area contributed by atoms with Crippen LogP contribution in [0.4, 0.5) is 10.1 Å². The van der Waals surface area contributed by atoms with Crippen molar-refractivity contribution in [1.29, 1.82) is 0 Å². The van der Waals surface area contributed by atoms with Crippen molar-refractivity contribution in [2.75, 3.05) is 5.32 Å². The van der Waals surface area contributed by atoms with Crippen molar-refractivity contribution in [3.05, 3.63) is 70.8 Å². The van der Waals surface area contributed by atoms with Crippen molar-refractivity contribution in [3.63, 3.8) is 0 Å². The average Bonchev–Trinajstić information content (AvgIpc) is 3.40. The monoisotopic (exact) mass is 453 g/mol. The summed E-state index contributed by atoms with van der Waals surface area (Å²) in [7, 11) is 0. The van der Waals surface area contributed by atoms with Crippen LogP contribution in [0.3, 0.4) is 0 Å². The van der Waals surface area contributed by atoms with Gasteiger partial charge in [-0.15, -0.1) is 0 Å². The van der Waals surface area contributed by atoms with Crippen LogP contribution in [0.25, 0.3) is 11.1 Å². The number of carbonyl (C=O) groups is 2. The molecule has 8 heteroatoms. The molecule has 0 bridgehead atoms. The quantitative estimate of drug-likeness (QED) is 0.520. The molecule has 3 aromatic rings. The summed E-state index contributed by atoms with van der Waals surface area (Å²) in [5.41, 5.74) is 0.403. The zero-order chi connectivity index (χ0) is 22.5. The molecule has 5 rings (SSSR count). The van der Waals surface area contributed by atoms with Crippen molar-refractivity contribution in [3.8, 4) is 11.1 Å². The summed E-state index contributed by atoms with van der Waals surface area (Å²) in [6.07, 6.45) is 7.64. The summed E-state index contributed by atoms with van der Waals surface area (Å²) in [6.45, 7) is 0. The molecule has 0 radical (unpaired) electrons. The van der Waals surface area contributed by atoms with Crippen LogP contribution in [0, 0.1) is 5.82 Å². The molecule has 0 aliphatic heterocycles. The third-order valence-electron chi connectivity index (χ3n) is 6.50. The minimum absolute atomic E-state index is 0.0279. The second-order valence-electron chi connectivity index (χ2n) is 8.52. The fraction of sp³-hybridized carbons (Fsp3) is 0.292. The summed E-state index contributed by atoms with van der Waals surface area (Å²) < 4.78 is 16.9. The molecular formula is C24H21ClFN3O3. The average molecular weight is 454 g/mol. The molecule has 2 aliphatic rings. The molecule has 2 aromatic carbocycles. The summed E-state index contributed by atoms with van der Waals surface area (Å²) in [6, 6.07) is 9.81. The number of nitrogens with one attached hydrogen (secondary N) is 1. The van der Waals surface area contributed by atoms with E-state index < -0.39 is 17.2 Å². The normalized spacial score (nSPS) is 16.9. The van der Waals surface area contributed by atoms with Crippen LogP contribution in [0.5, 0.6) is 0 Å². The van der Waals surface area contributed by atoms with Gasteiger partial charge in [0.2, 0.25) is 5.91 Å². The molecule has 6 nitrogen and oxygen atoms in total. The summed E-state index contributed by atoms with van der Waals surface area (Å²) in [5, 5.41) is 17.3. The van der Waals surface area contributed by atoms with Gasteiger partial charge in [0, 0.05) is 28.0 Å². The lowest BCUT2D eigenvalue weighted by atomic mass is 9.93. The van der Waals surface area contributed by atoms with E-state index in [0.29, 0.717) is 23.4 Å². The molecule has 1 aromatic heterocycles. The highest BCUT2D eigenvalue weighted by Crippen LogP contribution is 2.49. The van der Waals surface area contributed by atoms with Crippen LogP contribution in [0.2, 0.25) is 5.02 Å². The summed E-state index contributed by atoms with van der Waals surface area (Å²) >= 11 is 5.95. The molecule has 2 N–H and O–H groups in total. The SMILES string of the molecule is O=C(O)c1cc(NC(=O)C2(c3ccc(Cl)cc3)CC2)cc(F)c1-c1cnn(C2CCC2)c1. The van der Waals surface area contributed by atoms with E-state index >= 15 is 4.39 Å². The van der Waals surface area contributed by atoms with Crippen molar-refractivity contribution in [2.45, 2.75) is 43.6 Å². The van der Waals surface area contributed by atoms with Crippen molar-refractivity contribution in [1.82, 2.24) is 9.78 Å². The van der Waals surface area contributed by atoms with Gasteiger partial charge < -0.3 is 10.4 Å². The first-order chi connectivity index (χ1) is 15.4. The van der Waals surface area contributed by atoms with Crippen LogP contribution in [-0.4, -0.2) is 26.8 Å². The number of hydrogen-bond acceptors (Lipinski definition) is 3. The lowest BCUT2D eigenvalue weighted by Crippen LogP contribution is -2.28. The Morgan fingerprint density at radius 3 is 2.50 bits per heavy atom. The zero-order valence-electron chi connectivity index (χ0n) is 17.1. The van der Waals surface area contributed by atoms with Gasteiger partial charge in [-0.3, -0.25) is 9.48 Å². The summed E-state index contributed by atoms with van der Waals surface area (Å²) in [4.78, 5) is 25.0. The molecule has 0 atom stereocenters. The number of rotatable bonds is 6.